The minimum atomic E-state index is -0.570. The van der Waals surface area contributed by atoms with Crippen molar-refractivity contribution >= 4 is 24.1 Å². The molecule has 1 aromatic carbocycles. The van der Waals surface area contributed by atoms with Crippen molar-refractivity contribution in [1.29, 1.82) is 0 Å². The lowest BCUT2D eigenvalue weighted by molar-refractivity contribution is -0.385. The number of nitrogens with zero attached hydrogens (tertiary/aromatic N) is 4. The molecule has 1 heterocycles. The van der Waals surface area contributed by atoms with Crippen molar-refractivity contribution in [3.63, 3.8) is 0 Å². The summed E-state index contributed by atoms with van der Waals surface area (Å²) < 4.78 is 11.7. The van der Waals surface area contributed by atoms with E-state index in [0.29, 0.717) is 12.2 Å². The molecule has 0 fully saturated rings. The van der Waals surface area contributed by atoms with E-state index in [1.807, 2.05) is 0 Å². The number of H-pyrrole nitrogens is 1. The molecule has 1 aromatic heterocycles. The summed E-state index contributed by atoms with van der Waals surface area (Å²) in [6.45, 7) is 5.52. The van der Waals surface area contributed by atoms with Crippen LogP contribution in [0, 0.1) is 21.8 Å². The molecular formula is C15H17N5O5S. The second kappa shape index (κ2) is 8.34. The molecule has 0 saturated carbocycles. The van der Waals surface area contributed by atoms with Crippen LogP contribution in [0.25, 0.3) is 0 Å². The van der Waals surface area contributed by atoms with Gasteiger partial charge >= 0.3 is 5.69 Å². The lowest BCUT2D eigenvalue weighted by atomic mass is 10.2. The van der Waals surface area contributed by atoms with Gasteiger partial charge in [-0.15, -0.1) is 0 Å². The highest BCUT2D eigenvalue weighted by Crippen LogP contribution is 2.38. The van der Waals surface area contributed by atoms with Crippen molar-refractivity contribution in [3.05, 3.63) is 48.6 Å². The van der Waals surface area contributed by atoms with Gasteiger partial charge in [-0.3, -0.25) is 20.0 Å². The largest absolute Gasteiger partial charge is 0.490 e. The van der Waals surface area contributed by atoms with Crippen molar-refractivity contribution in [2.24, 2.45) is 5.10 Å². The molecule has 0 aliphatic heterocycles. The Bertz CT molecular complexity index is 966. The number of hydrogen-bond donors (Lipinski definition) is 1. The van der Waals surface area contributed by atoms with Crippen molar-refractivity contribution in [1.82, 2.24) is 14.9 Å². The number of nitro benzene ring substituents is 1. The first-order valence-corrected chi connectivity index (χ1v) is 8.10. The van der Waals surface area contributed by atoms with Gasteiger partial charge in [0.05, 0.1) is 24.4 Å². The summed E-state index contributed by atoms with van der Waals surface area (Å²) in [6, 6.07) is 2.82. The van der Waals surface area contributed by atoms with Crippen LogP contribution in [-0.4, -0.2) is 39.2 Å². The summed E-state index contributed by atoms with van der Waals surface area (Å²) in [7, 11) is 0. The fraction of sp³-hybridized carbons (Fsp3) is 0.333. The van der Waals surface area contributed by atoms with E-state index < -0.39 is 10.5 Å². The van der Waals surface area contributed by atoms with Crippen LogP contribution in [0.4, 0.5) is 5.69 Å². The zero-order valence-corrected chi connectivity index (χ0v) is 15.2. The molecule has 2 aromatic rings. The molecule has 2 rings (SSSR count). The van der Waals surface area contributed by atoms with Crippen molar-refractivity contribution in [3.8, 4) is 11.5 Å². The highest BCUT2D eigenvalue weighted by Gasteiger charge is 2.22. The van der Waals surface area contributed by atoms with Crippen molar-refractivity contribution < 1.29 is 14.4 Å². The summed E-state index contributed by atoms with van der Waals surface area (Å²) in [4.78, 5) is 22.8. The van der Waals surface area contributed by atoms with E-state index in [9.17, 15) is 14.9 Å². The topological polar surface area (TPSA) is 125 Å². The molecule has 0 bridgehead atoms. The maximum absolute atomic E-state index is 12.0. The first-order chi connectivity index (χ1) is 12.4. The van der Waals surface area contributed by atoms with Gasteiger partial charge in [-0.1, -0.05) is 0 Å². The normalized spacial score (nSPS) is 10.9. The third kappa shape index (κ3) is 4.11. The van der Waals surface area contributed by atoms with Gasteiger partial charge in [0.15, 0.2) is 5.75 Å². The Morgan fingerprint density at radius 3 is 2.69 bits per heavy atom. The first kappa shape index (κ1) is 19.2. The predicted octanol–water partition coefficient (Wildman–Crippen LogP) is 2.20. The van der Waals surface area contributed by atoms with Gasteiger partial charge in [-0.2, -0.15) is 14.9 Å². The summed E-state index contributed by atoms with van der Waals surface area (Å²) in [5, 5.41) is 21.6. The maximum atomic E-state index is 12.0. The van der Waals surface area contributed by atoms with Crippen LogP contribution in [0.15, 0.2) is 22.0 Å². The van der Waals surface area contributed by atoms with Crippen LogP contribution in [0.5, 0.6) is 11.5 Å². The minimum absolute atomic E-state index is 0.00215. The van der Waals surface area contributed by atoms with E-state index in [-0.39, 0.29) is 34.3 Å². The molecule has 138 valence electrons. The van der Waals surface area contributed by atoms with E-state index in [0.717, 1.165) is 4.68 Å². The van der Waals surface area contributed by atoms with Crippen LogP contribution in [0.3, 0.4) is 0 Å². The number of aromatic nitrogens is 3. The van der Waals surface area contributed by atoms with Gasteiger partial charge in [-0.25, -0.2) is 0 Å². The Kier molecular flexibility index (Phi) is 6.17. The summed E-state index contributed by atoms with van der Waals surface area (Å²) in [6.07, 6.45) is 1.27. The SMILES string of the molecule is CCOc1cc(/C=N\n2c(=S)[nH]nc(C)c2=O)cc([N+](=O)[O-])c1OCC. The average molecular weight is 379 g/mol. The lowest BCUT2D eigenvalue weighted by Crippen LogP contribution is -2.22. The number of nitro groups is 1. The van der Waals surface area contributed by atoms with E-state index >= 15 is 0 Å². The summed E-state index contributed by atoms with van der Waals surface area (Å²) in [5.41, 5.74) is -0.221. The molecule has 0 aliphatic carbocycles. The number of rotatable bonds is 7. The average Bonchev–Trinajstić information content (AvgIpc) is 2.60. The Hall–Kier alpha value is -3.08. The van der Waals surface area contributed by atoms with Gasteiger partial charge in [0, 0.05) is 11.6 Å². The standard InChI is InChI=1S/C15H17N5O5S/c1-4-24-12-7-10(6-11(20(22)23)13(12)25-5-2)8-16-19-14(21)9(3)17-18-15(19)26/h6-8H,4-5H2,1-3H3,(H,18,26)/b16-8-. The highest BCUT2D eigenvalue weighted by atomic mass is 32.1. The molecule has 0 radical (unpaired) electrons. The number of nitrogens with one attached hydrogen (secondary N) is 1. The molecule has 0 atom stereocenters. The molecule has 0 aliphatic rings. The second-order valence-electron chi connectivity index (χ2n) is 4.97. The highest BCUT2D eigenvalue weighted by molar-refractivity contribution is 7.71. The number of benzene rings is 1. The fourth-order valence-corrected chi connectivity index (χ4v) is 2.25. The molecule has 11 heteroatoms. The van der Waals surface area contributed by atoms with Gasteiger partial charge in [0.2, 0.25) is 10.5 Å². The van der Waals surface area contributed by atoms with Crippen molar-refractivity contribution in [2.75, 3.05) is 13.2 Å². The van der Waals surface area contributed by atoms with Gasteiger partial charge in [0.25, 0.3) is 5.56 Å². The molecule has 0 saturated heterocycles. The molecule has 26 heavy (non-hydrogen) atoms. The fourth-order valence-electron chi connectivity index (χ4n) is 2.07. The number of aromatic amines is 1. The van der Waals surface area contributed by atoms with E-state index in [1.54, 1.807) is 13.8 Å². The molecule has 0 spiro atoms. The predicted molar refractivity (Wildman–Crippen MR) is 96.8 cm³/mol. The smallest absolute Gasteiger partial charge is 0.315 e. The van der Waals surface area contributed by atoms with E-state index in [4.69, 9.17) is 21.7 Å². The number of aryl methyl sites for hydroxylation is 1. The van der Waals surface area contributed by atoms with Gasteiger partial charge in [-0.05, 0) is 39.1 Å². The number of ether oxygens (including phenoxy) is 2. The summed E-state index contributed by atoms with van der Waals surface area (Å²) >= 11 is 4.98. The monoisotopic (exact) mass is 379 g/mol. The number of hydrogen-bond acceptors (Lipinski definition) is 8. The van der Waals surface area contributed by atoms with Gasteiger partial charge in [0.1, 0.15) is 5.69 Å². The van der Waals surface area contributed by atoms with Crippen LogP contribution in [-0.2, 0) is 0 Å². The summed E-state index contributed by atoms with van der Waals surface area (Å²) in [5.74, 6) is 0.263. The Morgan fingerprint density at radius 2 is 2.08 bits per heavy atom. The van der Waals surface area contributed by atoms with E-state index in [2.05, 4.69) is 15.3 Å². The Morgan fingerprint density at radius 1 is 1.38 bits per heavy atom. The Balaban J connectivity index is 2.57. The molecule has 0 amide bonds. The minimum Gasteiger partial charge on any atom is -0.490 e. The first-order valence-electron chi connectivity index (χ1n) is 7.69. The third-order valence-electron chi connectivity index (χ3n) is 3.18. The lowest BCUT2D eigenvalue weighted by Gasteiger charge is -2.11. The molecule has 10 nitrogen and oxygen atoms in total. The van der Waals surface area contributed by atoms with Crippen LogP contribution in [0.1, 0.15) is 25.1 Å². The van der Waals surface area contributed by atoms with E-state index in [1.165, 1.54) is 25.3 Å². The van der Waals surface area contributed by atoms with Crippen molar-refractivity contribution in [2.45, 2.75) is 20.8 Å². The van der Waals surface area contributed by atoms with Gasteiger partial charge < -0.3 is 9.47 Å². The maximum Gasteiger partial charge on any atom is 0.315 e. The zero-order chi connectivity index (χ0) is 19.3. The van der Waals surface area contributed by atoms with Crippen LogP contribution >= 0.6 is 12.2 Å². The molecular weight excluding hydrogens is 362 g/mol. The Labute approximate surface area is 153 Å². The molecule has 0 unspecified atom stereocenters. The zero-order valence-electron chi connectivity index (χ0n) is 14.4. The molecule has 1 N–H and O–H groups in total. The van der Waals surface area contributed by atoms with Crippen LogP contribution < -0.4 is 15.0 Å². The third-order valence-corrected chi connectivity index (χ3v) is 3.44. The quantitative estimate of drug-likeness (QED) is 0.338. The second-order valence-corrected chi connectivity index (χ2v) is 5.35. The van der Waals surface area contributed by atoms with Crippen LogP contribution in [0.2, 0.25) is 0 Å².